The van der Waals surface area contributed by atoms with Gasteiger partial charge >= 0.3 is 0 Å². The summed E-state index contributed by atoms with van der Waals surface area (Å²) in [6.45, 7) is 8.94. The number of aliphatic hydroxyl groups is 1. The second-order valence-electron chi connectivity index (χ2n) is 8.47. The molecule has 0 aliphatic rings. The number of benzene rings is 1. The Balaban J connectivity index is 1.70. The third-order valence-electron chi connectivity index (χ3n) is 5.49. The molecule has 1 aromatic carbocycles. The van der Waals surface area contributed by atoms with Crippen molar-refractivity contribution in [3.63, 3.8) is 0 Å². The molecule has 0 aliphatic carbocycles. The first kappa shape index (κ1) is 22.5. The Bertz CT molecular complexity index is 1350. The number of nitrogens with zero attached hydrogens (tertiary/aromatic N) is 6. The average Bonchev–Trinajstić information content (AvgIpc) is 3.18. The van der Waals surface area contributed by atoms with Crippen LogP contribution in [0.4, 0.5) is 20.4 Å². The minimum absolute atomic E-state index is 0.211. The van der Waals surface area contributed by atoms with Gasteiger partial charge in [-0.25, -0.2) is 23.4 Å². The molecule has 172 valence electrons. The molecule has 8 nitrogen and oxygen atoms in total. The maximum atomic E-state index is 14.3. The van der Waals surface area contributed by atoms with Crippen molar-refractivity contribution in [2.24, 2.45) is 7.05 Å². The molecule has 0 fully saturated rings. The number of nitrogens with one attached hydrogen (secondary N) is 1. The average molecular weight is 453 g/mol. The zero-order valence-electron chi connectivity index (χ0n) is 19.3. The molecule has 0 saturated carbocycles. The van der Waals surface area contributed by atoms with Gasteiger partial charge in [0, 0.05) is 41.6 Å². The van der Waals surface area contributed by atoms with Gasteiger partial charge in [-0.3, -0.25) is 4.68 Å². The molecule has 2 N–H and O–H groups in total. The minimum atomic E-state index is -1.04. The molecule has 0 saturated heterocycles. The van der Waals surface area contributed by atoms with Crippen LogP contribution < -0.4 is 5.32 Å². The summed E-state index contributed by atoms with van der Waals surface area (Å²) in [5.41, 5.74) is 2.47. The monoisotopic (exact) mass is 453 g/mol. The zero-order chi connectivity index (χ0) is 24.1. The van der Waals surface area contributed by atoms with Crippen molar-refractivity contribution in [2.45, 2.75) is 40.2 Å². The van der Waals surface area contributed by atoms with E-state index < -0.39 is 17.2 Å². The van der Waals surface area contributed by atoms with Crippen molar-refractivity contribution in [1.82, 2.24) is 29.5 Å². The van der Waals surface area contributed by atoms with Crippen LogP contribution in [0.3, 0.4) is 0 Å². The highest BCUT2D eigenvalue weighted by Crippen LogP contribution is 2.32. The van der Waals surface area contributed by atoms with Crippen LogP contribution in [0.2, 0.25) is 0 Å². The van der Waals surface area contributed by atoms with Gasteiger partial charge < -0.3 is 10.4 Å². The highest BCUT2D eigenvalue weighted by molar-refractivity contribution is 5.71. The molecule has 0 unspecified atom stereocenters. The summed E-state index contributed by atoms with van der Waals surface area (Å²) in [5.74, 6) is 0.277. The number of aryl methyl sites for hydroxylation is 2. The molecule has 0 amide bonds. The molecule has 0 spiro atoms. The Kier molecular flexibility index (Phi) is 5.49. The molecule has 33 heavy (non-hydrogen) atoms. The lowest BCUT2D eigenvalue weighted by molar-refractivity contribution is 0.0772. The predicted octanol–water partition coefficient (Wildman–Crippen LogP) is 4.24. The van der Waals surface area contributed by atoms with E-state index in [2.05, 4.69) is 25.5 Å². The van der Waals surface area contributed by atoms with Gasteiger partial charge in [-0.15, -0.1) is 0 Å². The summed E-state index contributed by atoms with van der Waals surface area (Å²) in [6, 6.07) is 5.13. The van der Waals surface area contributed by atoms with Crippen LogP contribution in [-0.2, 0) is 12.6 Å². The smallest absolute Gasteiger partial charge is 0.159 e. The van der Waals surface area contributed by atoms with Gasteiger partial charge in [0.2, 0.25) is 0 Å². The van der Waals surface area contributed by atoms with E-state index in [0.29, 0.717) is 34.4 Å². The molecule has 4 rings (SSSR count). The summed E-state index contributed by atoms with van der Waals surface area (Å²) < 4.78 is 30.9. The highest BCUT2D eigenvalue weighted by atomic mass is 19.1. The van der Waals surface area contributed by atoms with Gasteiger partial charge in [-0.05, 0) is 46.8 Å². The fourth-order valence-electron chi connectivity index (χ4n) is 4.15. The van der Waals surface area contributed by atoms with Gasteiger partial charge in [0.05, 0.1) is 11.3 Å². The van der Waals surface area contributed by atoms with Crippen LogP contribution in [0.15, 0.2) is 30.6 Å². The lowest BCUT2D eigenvalue weighted by Gasteiger charge is -2.18. The van der Waals surface area contributed by atoms with Gasteiger partial charge in [-0.1, -0.05) is 0 Å². The quantitative estimate of drug-likeness (QED) is 0.470. The lowest BCUT2D eigenvalue weighted by atomic mass is 9.96. The maximum Gasteiger partial charge on any atom is 0.159 e. The number of hydrogen-bond acceptors (Lipinski definition) is 6. The minimum Gasteiger partial charge on any atom is -0.386 e. The van der Waals surface area contributed by atoms with Crippen LogP contribution in [0.5, 0.6) is 0 Å². The molecular formula is C23H25F2N7O. The van der Waals surface area contributed by atoms with E-state index in [9.17, 15) is 13.9 Å². The zero-order valence-corrected chi connectivity index (χ0v) is 19.3. The summed E-state index contributed by atoms with van der Waals surface area (Å²) >= 11 is 0. The molecule has 0 bridgehead atoms. The van der Waals surface area contributed by atoms with Crippen LogP contribution in [0.25, 0.3) is 17.1 Å². The second-order valence-corrected chi connectivity index (χ2v) is 8.47. The fourth-order valence-corrected chi connectivity index (χ4v) is 4.15. The largest absolute Gasteiger partial charge is 0.386 e. The summed E-state index contributed by atoms with van der Waals surface area (Å²) in [6.07, 6.45) is 1.41. The Morgan fingerprint density at radius 1 is 1.03 bits per heavy atom. The molecule has 0 atom stereocenters. The Labute approximate surface area is 189 Å². The van der Waals surface area contributed by atoms with E-state index in [1.54, 1.807) is 43.2 Å². The maximum absolute atomic E-state index is 14.3. The van der Waals surface area contributed by atoms with E-state index in [1.807, 2.05) is 13.8 Å². The predicted molar refractivity (Wildman–Crippen MR) is 120 cm³/mol. The van der Waals surface area contributed by atoms with E-state index in [4.69, 9.17) is 0 Å². The van der Waals surface area contributed by atoms with Crippen LogP contribution in [0.1, 0.15) is 36.4 Å². The van der Waals surface area contributed by atoms with Gasteiger partial charge in [0.25, 0.3) is 0 Å². The number of hydrogen-bond donors (Lipinski definition) is 2. The van der Waals surface area contributed by atoms with Crippen LogP contribution in [0, 0.1) is 32.4 Å². The Morgan fingerprint density at radius 3 is 2.39 bits per heavy atom. The SMILES string of the molecule is Cc1nn(-c2cc(Nc3c(C)c(-c4ccc(F)cc4F)nn3C)ncn2)c(C)c1C(C)(C)O. The first-order valence-electron chi connectivity index (χ1n) is 10.3. The molecule has 3 aromatic heterocycles. The summed E-state index contributed by atoms with van der Waals surface area (Å²) in [7, 11) is 1.72. The van der Waals surface area contributed by atoms with Gasteiger partial charge in [-0.2, -0.15) is 10.2 Å². The van der Waals surface area contributed by atoms with Crippen molar-refractivity contribution in [3.8, 4) is 17.1 Å². The number of anilines is 2. The molecule has 4 aromatic rings. The highest BCUT2D eigenvalue weighted by Gasteiger charge is 2.26. The third kappa shape index (κ3) is 4.09. The molecule has 0 radical (unpaired) electrons. The first-order valence-corrected chi connectivity index (χ1v) is 10.3. The summed E-state index contributed by atoms with van der Waals surface area (Å²) in [5, 5.41) is 22.6. The third-order valence-corrected chi connectivity index (χ3v) is 5.49. The standard InChI is InChI=1S/C23H25F2N7O/c1-12-21(16-8-7-15(24)9-17(16)25)30-31(6)22(12)28-18-10-19(27-11-26-18)32-14(3)20(13(2)29-32)23(4,5)33/h7-11,33H,1-6H3,(H,26,27,28). The number of halogens is 2. The van der Waals surface area contributed by atoms with Gasteiger partial charge in [0.1, 0.15) is 35.3 Å². The second kappa shape index (κ2) is 8.04. The van der Waals surface area contributed by atoms with E-state index in [1.165, 1.54) is 18.5 Å². The lowest BCUT2D eigenvalue weighted by Crippen LogP contribution is -2.18. The molecular weight excluding hydrogens is 428 g/mol. The van der Waals surface area contributed by atoms with Crippen molar-refractivity contribution in [2.75, 3.05) is 5.32 Å². The number of aromatic nitrogens is 6. The Morgan fingerprint density at radius 2 is 1.76 bits per heavy atom. The number of rotatable bonds is 5. The molecule has 3 heterocycles. The first-order chi connectivity index (χ1) is 15.5. The van der Waals surface area contributed by atoms with Crippen molar-refractivity contribution < 1.29 is 13.9 Å². The van der Waals surface area contributed by atoms with E-state index in [-0.39, 0.29) is 5.56 Å². The Hall–Kier alpha value is -3.66. The normalized spacial score (nSPS) is 11.8. The summed E-state index contributed by atoms with van der Waals surface area (Å²) in [4.78, 5) is 8.61. The van der Waals surface area contributed by atoms with Gasteiger partial charge in [0.15, 0.2) is 5.82 Å². The molecule has 10 heteroatoms. The van der Waals surface area contributed by atoms with Crippen molar-refractivity contribution >= 4 is 11.6 Å². The van der Waals surface area contributed by atoms with Crippen LogP contribution in [-0.4, -0.2) is 34.6 Å². The van der Waals surface area contributed by atoms with E-state index in [0.717, 1.165) is 17.3 Å². The van der Waals surface area contributed by atoms with Crippen LogP contribution >= 0.6 is 0 Å². The van der Waals surface area contributed by atoms with Crippen molar-refractivity contribution in [1.29, 1.82) is 0 Å². The van der Waals surface area contributed by atoms with Crippen molar-refractivity contribution in [3.05, 3.63) is 64.7 Å². The molecule has 0 aliphatic heterocycles. The topological polar surface area (TPSA) is 93.7 Å². The van der Waals surface area contributed by atoms with E-state index >= 15 is 0 Å². The fraction of sp³-hybridized carbons (Fsp3) is 0.304.